The maximum absolute atomic E-state index is 3.58. The van der Waals surface area contributed by atoms with Crippen molar-refractivity contribution in [1.82, 2.24) is 10.2 Å². The second kappa shape index (κ2) is 5.71. The number of hydrogen-bond acceptors (Lipinski definition) is 3. The predicted molar refractivity (Wildman–Crippen MR) is 71.2 cm³/mol. The Morgan fingerprint density at radius 3 is 2.75 bits per heavy atom. The minimum atomic E-state index is 0.610. The van der Waals surface area contributed by atoms with Crippen LogP contribution in [0.2, 0.25) is 0 Å². The van der Waals surface area contributed by atoms with Gasteiger partial charge in [-0.3, -0.25) is 0 Å². The van der Waals surface area contributed by atoms with Crippen molar-refractivity contribution in [2.45, 2.75) is 17.4 Å². The molecule has 1 fully saturated rings. The van der Waals surface area contributed by atoms with Crippen LogP contribution >= 0.6 is 11.8 Å². The topological polar surface area (TPSA) is 15.3 Å². The van der Waals surface area contributed by atoms with Gasteiger partial charge >= 0.3 is 0 Å². The van der Waals surface area contributed by atoms with Crippen molar-refractivity contribution in [1.29, 1.82) is 0 Å². The third-order valence-electron chi connectivity index (χ3n) is 3.10. The Morgan fingerprint density at radius 2 is 2.12 bits per heavy atom. The van der Waals surface area contributed by atoms with Gasteiger partial charge in [-0.2, -0.15) is 0 Å². The molecule has 0 aliphatic carbocycles. The van der Waals surface area contributed by atoms with Gasteiger partial charge in [-0.1, -0.05) is 12.1 Å². The lowest BCUT2D eigenvalue weighted by Gasteiger charge is -2.31. The lowest BCUT2D eigenvalue weighted by molar-refractivity contribution is 0.238. The van der Waals surface area contributed by atoms with E-state index in [2.05, 4.69) is 47.8 Å². The molecule has 3 heteroatoms. The first kappa shape index (κ1) is 12.0. The molecule has 0 aromatic heterocycles. The molecule has 88 valence electrons. The molecular weight excluding hydrogens is 216 g/mol. The van der Waals surface area contributed by atoms with Crippen LogP contribution in [0, 0.1) is 0 Å². The summed E-state index contributed by atoms with van der Waals surface area (Å²) in [7, 11) is 2.20. The first-order valence-electron chi connectivity index (χ1n) is 5.83. The zero-order valence-electron chi connectivity index (χ0n) is 10.1. The van der Waals surface area contributed by atoms with E-state index in [4.69, 9.17) is 0 Å². The largest absolute Gasteiger partial charge is 0.311 e. The minimum Gasteiger partial charge on any atom is -0.311 e. The Hall–Kier alpha value is -0.510. The smallest absolute Gasteiger partial charge is 0.0235 e. The molecule has 1 aliphatic rings. The average Bonchev–Trinajstić information content (AvgIpc) is 2.30. The van der Waals surface area contributed by atoms with Crippen LogP contribution < -0.4 is 5.32 Å². The Morgan fingerprint density at radius 1 is 1.38 bits per heavy atom. The number of thioether (sulfide) groups is 1. The van der Waals surface area contributed by atoms with Gasteiger partial charge in [0, 0.05) is 30.6 Å². The molecule has 1 heterocycles. The van der Waals surface area contributed by atoms with Crippen LogP contribution in [-0.4, -0.2) is 43.9 Å². The number of benzene rings is 1. The normalized spacial score (nSPS) is 22.2. The molecule has 0 bridgehead atoms. The fourth-order valence-electron chi connectivity index (χ4n) is 2.17. The molecule has 1 aliphatic heterocycles. The van der Waals surface area contributed by atoms with Gasteiger partial charge in [-0.15, -0.1) is 11.8 Å². The molecule has 1 N–H and O–H groups in total. The predicted octanol–water partition coefficient (Wildman–Crippen LogP) is 1.85. The zero-order chi connectivity index (χ0) is 11.4. The first-order valence-corrected chi connectivity index (χ1v) is 7.05. The van der Waals surface area contributed by atoms with Gasteiger partial charge in [0.15, 0.2) is 0 Å². The van der Waals surface area contributed by atoms with Gasteiger partial charge in [0.1, 0.15) is 0 Å². The van der Waals surface area contributed by atoms with E-state index in [0.717, 1.165) is 19.5 Å². The van der Waals surface area contributed by atoms with Crippen molar-refractivity contribution in [3.63, 3.8) is 0 Å². The molecule has 1 atom stereocenters. The molecule has 0 radical (unpaired) electrons. The third-order valence-corrected chi connectivity index (χ3v) is 3.84. The summed E-state index contributed by atoms with van der Waals surface area (Å²) in [6.45, 7) is 3.44. The molecule has 1 unspecified atom stereocenters. The first-order chi connectivity index (χ1) is 7.78. The molecule has 0 saturated carbocycles. The molecule has 16 heavy (non-hydrogen) atoms. The van der Waals surface area contributed by atoms with Gasteiger partial charge in [0.05, 0.1) is 0 Å². The van der Waals surface area contributed by atoms with Crippen LogP contribution in [0.25, 0.3) is 0 Å². The zero-order valence-corrected chi connectivity index (χ0v) is 10.9. The molecule has 1 saturated heterocycles. The maximum atomic E-state index is 3.58. The van der Waals surface area contributed by atoms with Gasteiger partial charge in [-0.25, -0.2) is 0 Å². The summed E-state index contributed by atoms with van der Waals surface area (Å²) in [5.74, 6) is 0. The highest BCUT2D eigenvalue weighted by atomic mass is 32.2. The fourth-order valence-corrected chi connectivity index (χ4v) is 2.58. The van der Waals surface area contributed by atoms with Crippen LogP contribution in [0.3, 0.4) is 0 Å². The molecule has 2 nitrogen and oxygen atoms in total. The molecule has 0 spiro atoms. The van der Waals surface area contributed by atoms with E-state index in [1.54, 1.807) is 11.8 Å². The van der Waals surface area contributed by atoms with Crippen molar-refractivity contribution >= 4 is 11.8 Å². The minimum absolute atomic E-state index is 0.610. The van der Waals surface area contributed by atoms with E-state index in [1.807, 2.05) is 0 Å². The van der Waals surface area contributed by atoms with E-state index in [1.165, 1.54) is 17.0 Å². The Kier molecular flexibility index (Phi) is 4.27. The van der Waals surface area contributed by atoms with Crippen LogP contribution in [0.15, 0.2) is 29.2 Å². The number of nitrogens with zero attached hydrogens (tertiary/aromatic N) is 1. The fraction of sp³-hybridized carbons (Fsp3) is 0.538. The number of nitrogens with one attached hydrogen (secondary N) is 1. The van der Waals surface area contributed by atoms with Crippen molar-refractivity contribution in [3.8, 4) is 0 Å². The lowest BCUT2D eigenvalue weighted by Crippen LogP contribution is -2.49. The van der Waals surface area contributed by atoms with Crippen LogP contribution in [0.4, 0.5) is 0 Å². The SMILES string of the molecule is CSc1ccc(CC2CN(C)CCN2)cc1. The number of hydrogen-bond donors (Lipinski definition) is 1. The summed E-state index contributed by atoms with van der Waals surface area (Å²) < 4.78 is 0. The molecule has 1 aromatic carbocycles. The van der Waals surface area contributed by atoms with Gasteiger partial charge in [-0.05, 0) is 37.4 Å². The molecular formula is C13H20N2S. The van der Waals surface area contributed by atoms with Crippen molar-refractivity contribution in [3.05, 3.63) is 29.8 Å². The summed E-state index contributed by atoms with van der Waals surface area (Å²) in [4.78, 5) is 3.75. The average molecular weight is 236 g/mol. The Balaban J connectivity index is 1.92. The summed E-state index contributed by atoms with van der Waals surface area (Å²) in [6.07, 6.45) is 3.26. The van der Waals surface area contributed by atoms with Crippen LogP contribution in [-0.2, 0) is 6.42 Å². The highest BCUT2D eigenvalue weighted by Gasteiger charge is 2.16. The monoisotopic (exact) mass is 236 g/mol. The number of likely N-dealkylation sites (N-methyl/N-ethyl adjacent to an activating group) is 1. The maximum Gasteiger partial charge on any atom is 0.0235 e. The molecule has 2 rings (SSSR count). The number of rotatable bonds is 3. The van der Waals surface area contributed by atoms with Gasteiger partial charge in [0.2, 0.25) is 0 Å². The van der Waals surface area contributed by atoms with Gasteiger partial charge in [0.25, 0.3) is 0 Å². The van der Waals surface area contributed by atoms with E-state index < -0.39 is 0 Å². The summed E-state index contributed by atoms with van der Waals surface area (Å²) >= 11 is 1.80. The molecule has 0 amide bonds. The van der Waals surface area contributed by atoms with Crippen molar-refractivity contribution in [2.24, 2.45) is 0 Å². The van der Waals surface area contributed by atoms with Crippen molar-refractivity contribution < 1.29 is 0 Å². The summed E-state index contributed by atoms with van der Waals surface area (Å²) in [5, 5.41) is 3.58. The van der Waals surface area contributed by atoms with Crippen LogP contribution in [0.5, 0.6) is 0 Å². The quantitative estimate of drug-likeness (QED) is 0.806. The van der Waals surface area contributed by atoms with Crippen LogP contribution in [0.1, 0.15) is 5.56 Å². The summed E-state index contributed by atoms with van der Waals surface area (Å²) in [5.41, 5.74) is 1.44. The third kappa shape index (κ3) is 3.24. The molecule has 1 aromatic rings. The van der Waals surface area contributed by atoms with E-state index in [9.17, 15) is 0 Å². The van der Waals surface area contributed by atoms with E-state index in [-0.39, 0.29) is 0 Å². The Labute approximate surface area is 102 Å². The summed E-state index contributed by atoms with van der Waals surface area (Å²) in [6, 6.07) is 9.54. The second-order valence-electron chi connectivity index (χ2n) is 4.47. The standard InChI is InChI=1S/C13H20N2S/c1-15-8-7-14-12(10-15)9-11-3-5-13(16-2)6-4-11/h3-6,12,14H,7-10H2,1-2H3. The van der Waals surface area contributed by atoms with E-state index >= 15 is 0 Å². The van der Waals surface area contributed by atoms with E-state index in [0.29, 0.717) is 6.04 Å². The number of piperazine rings is 1. The van der Waals surface area contributed by atoms with Gasteiger partial charge < -0.3 is 10.2 Å². The van der Waals surface area contributed by atoms with Crippen molar-refractivity contribution in [2.75, 3.05) is 32.9 Å². The lowest BCUT2D eigenvalue weighted by atomic mass is 10.0. The highest BCUT2D eigenvalue weighted by Crippen LogP contribution is 2.16. The second-order valence-corrected chi connectivity index (χ2v) is 5.35. The Bertz CT molecular complexity index is 323. The highest BCUT2D eigenvalue weighted by molar-refractivity contribution is 7.98.